The number of hydrogen-bond donors (Lipinski definition) is 1. The average Bonchev–Trinajstić information content (AvgIpc) is 3.37. The molecule has 0 unspecified atom stereocenters. The summed E-state index contributed by atoms with van der Waals surface area (Å²) < 4.78 is 4.69. The fraction of sp³-hybridized carbons (Fsp3) is 0.400. The van der Waals surface area contributed by atoms with E-state index >= 15 is 0 Å². The van der Waals surface area contributed by atoms with E-state index in [0.717, 1.165) is 13.0 Å². The van der Waals surface area contributed by atoms with E-state index in [1.54, 1.807) is 24.3 Å². The zero-order chi connectivity index (χ0) is 18.1. The van der Waals surface area contributed by atoms with Crippen LogP contribution in [0.15, 0.2) is 35.7 Å². The molecule has 1 amide bonds. The van der Waals surface area contributed by atoms with Crippen molar-refractivity contribution in [2.24, 2.45) is 5.92 Å². The van der Waals surface area contributed by atoms with Gasteiger partial charge in [0.1, 0.15) is 0 Å². The van der Waals surface area contributed by atoms with Crippen molar-refractivity contribution in [1.29, 1.82) is 0 Å². The number of esters is 1. The molecular weight excluding hydrogens is 348 g/mol. The van der Waals surface area contributed by atoms with Crippen molar-refractivity contribution >= 4 is 28.9 Å². The molecule has 1 aliphatic carbocycles. The summed E-state index contributed by atoms with van der Waals surface area (Å²) in [5.41, 5.74) is 2.60. The Morgan fingerprint density at radius 2 is 2.00 bits per heavy atom. The van der Waals surface area contributed by atoms with Crippen molar-refractivity contribution in [3.05, 3.63) is 51.7 Å². The molecule has 1 N–H and O–H groups in total. The van der Waals surface area contributed by atoms with Crippen LogP contribution in [0.4, 0.5) is 5.69 Å². The SMILES string of the molecule is COC(=O)c1ccc(NC(=O)CN2CCc3sccc3[C@@H]2C2CC2)cc1. The van der Waals surface area contributed by atoms with E-state index in [4.69, 9.17) is 0 Å². The smallest absolute Gasteiger partial charge is 0.337 e. The second kappa shape index (κ2) is 7.21. The second-order valence-corrected chi connectivity index (χ2v) is 7.92. The van der Waals surface area contributed by atoms with E-state index in [0.29, 0.717) is 29.8 Å². The Hall–Kier alpha value is -2.18. The molecule has 1 aromatic heterocycles. The molecule has 2 aliphatic rings. The summed E-state index contributed by atoms with van der Waals surface area (Å²) in [6.07, 6.45) is 3.54. The summed E-state index contributed by atoms with van der Waals surface area (Å²) in [7, 11) is 1.35. The zero-order valence-electron chi connectivity index (χ0n) is 14.7. The second-order valence-electron chi connectivity index (χ2n) is 6.92. The fourth-order valence-electron chi connectivity index (χ4n) is 3.73. The van der Waals surface area contributed by atoms with E-state index < -0.39 is 0 Å². The summed E-state index contributed by atoms with van der Waals surface area (Å²) in [4.78, 5) is 27.8. The normalized spacial score (nSPS) is 19.7. The molecule has 26 heavy (non-hydrogen) atoms. The van der Waals surface area contributed by atoms with Crippen molar-refractivity contribution in [3.8, 4) is 0 Å². The van der Waals surface area contributed by atoms with Crippen molar-refractivity contribution in [1.82, 2.24) is 4.90 Å². The highest BCUT2D eigenvalue weighted by Crippen LogP contribution is 2.48. The first-order valence-electron chi connectivity index (χ1n) is 8.94. The van der Waals surface area contributed by atoms with Crippen LogP contribution in [0.3, 0.4) is 0 Å². The lowest BCUT2D eigenvalue weighted by Gasteiger charge is -2.35. The standard InChI is InChI=1S/C20H22N2O3S/c1-25-20(24)14-4-6-15(7-5-14)21-18(23)12-22-10-8-17-16(9-11-26-17)19(22)13-2-3-13/h4-7,9,11,13,19H,2-3,8,10,12H2,1H3,(H,21,23)/t19-/m0/s1. The van der Waals surface area contributed by atoms with Crippen LogP contribution >= 0.6 is 11.3 Å². The van der Waals surface area contributed by atoms with Crippen LogP contribution in [0, 0.1) is 5.92 Å². The highest BCUT2D eigenvalue weighted by molar-refractivity contribution is 7.10. The van der Waals surface area contributed by atoms with Gasteiger partial charge in [-0.25, -0.2) is 4.79 Å². The third-order valence-corrected chi connectivity index (χ3v) is 6.12. The van der Waals surface area contributed by atoms with Crippen LogP contribution in [0.2, 0.25) is 0 Å². The fourth-order valence-corrected chi connectivity index (χ4v) is 4.65. The first-order chi connectivity index (χ1) is 12.7. The molecular formula is C20H22N2O3S. The van der Waals surface area contributed by atoms with Gasteiger partial charge in [-0.15, -0.1) is 11.3 Å². The molecule has 0 bridgehead atoms. The number of nitrogens with zero attached hydrogens (tertiary/aromatic N) is 1. The van der Waals surface area contributed by atoms with Crippen LogP contribution in [-0.4, -0.2) is 37.0 Å². The largest absolute Gasteiger partial charge is 0.465 e. The van der Waals surface area contributed by atoms with Gasteiger partial charge in [0.25, 0.3) is 0 Å². The Morgan fingerprint density at radius 3 is 2.69 bits per heavy atom. The molecule has 2 heterocycles. The zero-order valence-corrected chi connectivity index (χ0v) is 15.6. The lowest BCUT2D eigenvalue weighted by molar-refractivity contribution is -0.118. The van der Waals surface area contributed by atoms with Gasteiger partial charge in [0.2, 0.25) is 5.91 Å². The molecule has 0 radical (unpaired) electrons. The van der Waals surface area contributed by atoms with Gasteiger partial charge in [-0.1, -0.05) is 0 Å². The number of hydrogen-bond acceptors (Lipinski definition) is 5. The van der Waals surface area contributed by atoms with Crippen LogP contribution in [0.25, 0.3) is 0 Å². The molecule has 6 heteroatoms. The maximum atomic E-state index is 12.6. The minimum atomic E-state index is -0.380. The Kier molecular flexibility index (Phi) is 4.78. The molecule has 1 aromatic carbocycles. The number of nitrogens with one attached hydrogen (secondary N) is 1. The molecule has 136 valence electrons. The summed E-state index contributed by atoms with van der Waals surface area (Å²) in [5.74, 6) is 0.297. The maximum absolute atomic E-state index is 12.6. The quantitative estimate of drug-likeness (QED) is 0.819. The number of thiophene rings is 1. The highest BCUT2D eigenvalue weighted by atomic mass is 32.1. The summed E-state index contributed by atoms with van der Waals surface area (Å²) in [6.45, 7) is 1.33. The number of ether oxygens (including phenoxy) is 1. The van der Waals surface area contributed by atoms with Gasteiger partial charge in [-0.3, -0.25) is 9.69 Å². The number of anilines is 1. The van der Waals surface area contributed by atoms with Gasteiger partial charge in [0.15, 0.2) is 0 Å². The molecule has 4 rings (SSSR count). The first kappa shape index (κ1) is 17.2. The predicted molar refractivity (Wildman–Crippen MR) is 101 cm³/mol. The number of rotatable bonds is 5. The molecule has 1 atom stereocenters. The van der Waals surface area contributed by atoms with E-state index in [9.17, 15) is 9.59 Å². The number of carbonyl (C=O) groups excluding carboxylic acids is 2. The molecule has 1 fully saturated rings. The minimum absolute atomic E-state index is 0.0138. The van der Waals surface area contributed by atoms with E-state index in [-0.39, 0.29) is 11.9 Å². The Bertz CT molecular complexity index is 811. The van der Waals surface area contributed by atoms with Crippen LogP contribution < -0.4 is 5.32 Å². The molecule has 0 saturated heterocycles. The molecule has 5 nitrogen and oxygen atoms in total. The Morgan fingerprint density at radius 1 is 1.23 bits per heavy atom. The monoisotopic (exact) mass is 370 g/mol. The van der Waals surface area contributed by atoms with Gasteiger partial charge in [-0.2, -0.15) is 0 Å². The van der Waals surface area contributed by atoms with Crippen LogP contribution in [0.5, 0.6) is 0 Å². The minimum Gasteiger partial charge on any atom is -0.465 e. The predicted octanol–water partition coefficient (Wildman–Crippen LogP) is 3.48. The summed E-state index contributed by atoms with van der Waals surface area (Å²) in [6, 6.07) is 9.40. The van der Waals surface area contributed by atoms with E-state index in [1.807, 2.05) is 11.3 Å². The molecule has 1 saturated carbocycles. The van der Waals surface area contributed by atoms with Crippen molar-refractivity contribution in [2.75, 3.05) is 25.5 Å². The van der Waals surface area contributed by atoms with Gasteiger partial charge in [-0.05, 0) is 66.5 Å². The third-order valence-electron chi connectivity index (χ3n) is 5.12. The van der Waals surface area contributed by atoms with E-state index in [1.165, 1.54) is 30.4 Å². The van der Waals surface area contributed by atoms with Gasteiger partial charge in [0.05, 0.1) is 19.2 Å². The van der Waals surface area contributed by atoms with Gasteiger partial charge < -0.3 is 10.1 Å². The average molecular weight is 370 g/mol. The number of carbonyl (C=O) groups is 2. The van der Waals surface area contributed by atoms with Gasteiger partial charge in [0, 0.05) is 23.2 Å². The van der Waals surface area contributed by atoms with E-state index in [2.05, 4.69) is 26.4 Å². The number of benzene rings is 1. The summed E-state index contributed by atoms with van der Waals surface area (Å²) in [5, 5.41) is 5.11. The highest BCUT2D eigenvalue weighted by Gasteiger charge is 2.40. The van der Waals surface area contributed by atoms with Crippen molar-refractivity contribution in [3.63, 3.8) is 0 Å². The van der Waals surface area contributed by atoms with Gasteiger partial charge >= 0.3 is 5.97 Å². The Labute approximate surface area is 157 Å². The number of fused-ring (bicyclic) bond motifs is 1. The van der Waals surface area contributed by atoms with Crippen LogP contribution in [-0.2, 0) is 16.0 Å². The maximum Gasteiger partial charge on any atom is 0.337 e. The van der Waals surface area contributed by atoms with Crippen molar-refractivity contribution < 1.29 is 14.3 Å². The topological polar surface area (TPSA) is 58.6 Å². The first-order valence-corrected chi connectivity index (χ1v) is 9.82. The third kappa shape index (κ3) is 3.52. The number of amides is 1. The summed E-state index contributed by atoms with van der Waals surface area (Å²) >= 11 is 1.84. The number of methoxy groups -OCH3 is 1. The van der Waals surface area contributed by atoms with Crippen LogP contribution in [0.1, 0.15) is 39.7 Å². The lowest BCUT2D eigenvalue weighted by Crippen LogP contribution is -2.41. The van der Waals surface area contributed by atoms with Crippen molar-refractivity contribution in [2.45, 2.75) is 25.3 Å². The lowest BCUT2D eigenvalue weighted by atomic mass is 9.96. The molecule has 0 spiro atoms. The molecule has 1 aliphatic heterocycles. The molecule has 2 aromatic rings. The Balaban J connectivity index is 1.41.